The number of urea groups is 1. The van der Waals surface area contributed by atoms with Gasteiger partial charge in [-0.2, -0.15) is 0 Å². The van der Waals surface area contributed by atoms with Gasteiger partial charge < -0.3 is 20.0 Å². The summed E-state index contributed by atoms with van der Waals surface area (Å²) >= 11 is 0. The van der Waals surface area contributed by atoms with Crippen LogP contribution >= 0.6 is 12.4 Å². The molecule has 3 fully saturated rings. The molecule has 1 N–H and O–H groups in total. The number of amides is 2. The molecule has 5 nitrogen and oxygen atoms in total. The lowest BCUT2D eigenvalue weighted by Crippen LogP contribution is -2.55. The van der Waals surface area contributed by atoms with Crippen LogP contribution in [0.2, 0.25) is 0 Å². The Labute approximate surface area is 134 Å². The quantitative estimate of drug-likeness (QED) is 0.731. The number of likely N-dealkylation sites (tertiary alicyclic amines) is 1. The zero-order valence-corrected chi connectivity index (χ0v) is 14.0. The van der Waals surface area contributed by atoms with Crippen molar-refractivity contribution in [1.82, 2.24) is 20.0 Å². The van der Waals surface area contributed by atoms with E-state index in [2.05, 4.69) is 22.2 Å². The number of carbonyl (C=O) groups excluding carboxylic acids is 1. The summed E-state index contributed by atoms with van der Waals surface area (Å²) < 4.78 is 0. The SMILES string of the molecule is CN1CCN(C(=O)N2CCC3(CCNCC3)CC2)CC1.Cl. The molecule has 0 aliphatic carbocycles. The number of piperazine rings is 1. The predicted molar refractivity (Wildman–Crippen MR) is 87.1 cm³/mol. The van der Waals surface area contributed by atoms with E-state index in [-0.39, 0.29) is 18.4 Å². The maximum atomic E-state index is 12.6. The molecule has 0 aromatic heterocycles. The number of nitrogens with one attached hydrogen (secondary N) is 1. The molecule has 0 unspecified atom stereocenters. The molecule has 21 heavy (non-hydrogen) atoms. The molecule has 0 radical (unpaired) electrons. The average Bonchev–Trinajstić information content (AvgIpc) is 2.49. The summed E-state index contributed by atoms with van der Waals surface area (Å²) in [7, 11) is 2.13. The van der Waals surface area contributed by atoms with Gasteiger partial charge in [0.05, 0.1) is 0 Å². The highest BCUT2D eigenvalue weighted by molar-refractivity contribution is 5.85. The van der Waals surface area contributed by atoms with E-state index in [0.29, 0.717) is 5.41 Å². The van der Waals surface area contributed by atoms with Gasteiger partial charge in [0.25, 0.3) is 0 Å². The highest BCUT2D eigenvalue weighted by Gasteiger charge is 2.37. The van der Waals surface area contributed by atoms with E-state index in [1.165, 1.54) is 25.7 Å². The maximum absolute atomic E-state index is 12.6. The van der Waals surface area contributed by atoms with E-state index < -0.39 is 0 Å². The summed E-state index contributed by atoms with van der Waals surface area (Å²) in [5.41, 5.74) is 0.532. The van der Waals surface area contributed by atoms with E-state index in [4.69, 9.17) is 0 Å². The molecule has 3 saturated heterocycles. The minimum absolute atomic E-state index is 0. The minimum atomic E-state index is 0. The Kier molecular flexibility index (Phi) is 5.74. The topological polar surface area (TPSA) is 38.8 Å². The zero-order chi connectivity index (χ0) is 14.0. The van der Waals surface area contributed by atoms with Crippen LogP contribution in [0.4, 0.5) is 4.79 Å². The molecule has 3 aliphatic rings. The molecule has 122 valence electrons. The van der Waals surface area contributed by atoms with Gasteiger partial charge in [-0.15, -0.1) is 12.4 Å². The van der Waals surface area contributed by atoms with Crippen LogP contribution in [0.3, 0.4) is 0 Å². The van der Waals surface area contributed by atoms with Gasteiger partial charge in [0.1, 0.15) is 0 Å². The Morgan fingerprint density at radius 2 is 1.38 bits per heavy atom. The number of hydrogen-bond acceptors (Lipinski definition) is 3. The van der Waals surface area contributed by atoms with E-state index >= 15 is 0 Å². The molecule has 6 heteroatoms. The van der Waals surface area contributed by atoms with Crippen molar-refractivity contribution in [2.45, 2.75) is 25.7 Å². The smallest absolute Gasteiger partial charge is 0.320 e. The van der Waals surface area contributed by atoms with Gasteiger partial charge in [-0.1, -0.05) is 0 Å². The lowest BCUT2D eigenvalue weighted by molar-refractivity contribution is 0.0666. The molecular formula is C15H29ClN4O. The molecule has 3 heterocycles. The fourth-order valence-corrected chi connectivity index (χ4v) is 3.83. The van der Waals surface area contributed by atoms with Crippen LogP contribution in [0.1, 0.15) is 25.7 Å². The Morgan fingerprint density at radius 3 is 1.95 bits per heavy atom. The summed E-state index contributed by atoms with van der Waals surface area (Å²) in [6.45, 7) is 8.04. The van der Waals surface area contributed by atoms with Crippen molar-refractivity contribution in [2.75, 3.05) is 59.4 Å². The van der Waals surface area contributed by atoms with Crippen molar-refractivity contribution in [3.05, 3.63) is 0 Å². The second kappa shape index (κ2) is 7.16. The highest BCUT2D eigenvalue weighted by Crippen LogP contribution is 2.39. The van der Waals surface area contributed by atoms with Crippen molar-refractivity contribution in [3.8, 4) is 0 Å². The summed E-state index contributed by atoms with van der Waals surface area (Å²) in [6, 6.07) is 0.280. The van der Waals surface area contributed by atoms with Gasteiger partial charge in [0.2, 0.25) is 0 Å². The number of rotatable bonds is 0. The zero-order valence-electron chi connectivity index (χ0n) is 13.1. The van der Waals surface area contributed by atoms with Gasteiger partial charge in [0, 0.05) is 39.3 Å². The van der Waals surface area contributed by atoms with Gasteiger partial charge in [-0.25, -0.2) is 4.79 Å². The normalized spacial score (nSPS) is 26.5. The number of halogens is 1. The molecule has 1 spiro atoms. The molecule has 3 rings (SSSR count). The minimum Gasteiger partial charge on any atom is -0.325 e. The van der Waals surface area contributed by atoms with Crippen molar-refractivity contribution in [1.29, 1.82) is 0 Å². The molecule has 0 atom stereocenters. The monoisotopic (exact) mass is 316 g/mol. The van der Waals surface area contributed by atoms with Crippen LogP contribution < -0.4 is 5.32 Å². The third kappa shape index (κ3) is 3.82. The molecule has 0 saturated carbocycles. The van der Waals surface area contributed by atoms with Crippen molar-refractivity contribution >= 4 is 18.4 Å². The summed E-state index contributed by atoms with van der Waals surface area (Å²) in [6.07, 6.45) is 5.00. The number of piperidine rings is 2. The number of carbonyl (C=O) groups is 1. The van der Waals surface area contributed by atoms with E-state index in [0.717, 1.165) is 52.4 Å². The van der Waals surface area contributed by atoms with Crippen molar-refractivity contribution in [2.24, 2.45) is 5.41 Å². The average molecular weight is 317 g/mol. The van der Waals surface area contributed by atoms with E-state index in [1.54, 1.807) is 0 Å². The largest absolute Gasteiger partial charge is 0.325 e. The molecule has 3 aliphatic heterocycles. The first-order valence-electron chi connectivity index (χ1n) is 8.12. The molecule has 0 aromatic carbocycles. The standard InChI is InChI=1S/C15H28N4O.ClH/c1-17-10-12-19(13-11-17)14(20)18-8-4-15(5-9-18)2-6-16-7-3-15;/h16H,2-13H2,1H3;1H. The lowest BCUT2D eigenvalue weighted by atomic mass is 9.72. The summed E-state index contributed by atoms with van der Waals surface area (Å²) in [5, 5.41) is 3.45. The van der Waals surface area contributed by atoms with Crippen LogP contribution in [-0.4, -0.2) is 80.1 Å². The first-order valence-corrected chi connectivity index (χ1v) is 8.12. The molecule has 0 bridgehead atoms. The fourth-order valence-electron chi connectivity index (χ4n) is 3.83. The van der Waals surface area contributed by atoms with E-state index in [9.17, 15) is 4.79 Å². The van der Waals surface area contributed by atoms with Crippen LogP contribution in [0, 0.1) is 5.41 Å². The maximum Gasteiger partial charge on any atom is 0.320 e. The van der Waals surface area contributed by atoms with Crippen molar-refractivity contribution in [3.63, 3.8) is 0 Å². The Balaban J connectivity index is 0.00000161. The third-order valence-electron chi connectivity index (χ3n) is 5.53. The summed E-state index contributed by atoms with van der Waals surface area (Å²) in [4.78, 5) is 19.0. The number of likely N-dealkylation sites (N-methyl/N-ethyl adjacent to an activating group) is 1. The van der Waals surface area contributed by atoms with Gasteiger partial charge in [-0.3, -0.25) is 0 Å². The number of hydrogen-bond donors (Lipinski definition) is 1. The van der Waals surface area contributed by atoms with Crippen molar-refractivity contribution < 1.29 is 4.79 Å². The highest BCUT2D eigenvalue weighted by atomic mass is 35.5. The second-order valence-electron chi connectivity index (χ2n) is 6.81. The van der Waals surface area contributed by atoms with E-state index in [1.807, 2.05) is 4.90 Å². The molecule has 0 aromatic rings. The Hall–Kier alpha value is -0.520. The van der Waals surface area contributed by atoms with Crippen LogP contribution in [-0.2, 0) is 0 Å². The van der Waals surface area contributed by atoms with Crippen LogP contribution in [0.5, 0.6) is 0 Å². The van der Waals surface area contributed by atoms with Gasteiger partial charge in [-0.05, 0) is 51.2 Å². The Morgan fingerprint density at radius 1 is 0.857 bits per heavy atom. The predicted octanol–water partition coefficient (Wildman–Crippen LogP) is 1.24. The third-order valence-corrected chi connectivity index (χ3v) is 5.53. The first kappa shape index (κ1) is 16.8. The Bertz CT molecular complexity index is 342. The lowest BCUT2D eigenvalue weighted by Gasteiger charge is -2.46. The van der Waals surface area contributed by atoms with Crippen LogP contribution in [0.25, 0.3) is 0 Å². The van der Waals surface area contributed by atoms with Gasteiger partial charge >= 0.3 is 6.03 Å². The molecular weight excluding hydrogens is 288 g/mol. The second-order valence-corrected chi connectivity index (χ2v) is 6.81. The first-order chi connectivity index (χ1) is 9.69. The fraction of sp³-hybridized carbons (Fsp3) is 0.933. The van der Waals surface area contributed by atoms with Gasteiger partial charge in [0.15, 0.2) is 0 Å². The van der Waals surface area contributed by atoms with Crippen LogP contribution in [0.15, 0.2) is 0 Å². The number of nitrogens with zero attached hydrogens (tertiary/aromatic N) is 3. The molecule has 2 amide bonds. The summed E-state index contributed by atoms with van der Waals surface area (Å²) in [5.74, 6) is 0.